The van der Waals surface area contributed by atoms with Crippen molar-refractivity contribution in [2.24, 2.45) is 0 Å². The molecule has 0 amide bonds. The maximum absolute atomic E-state index is 6.67. The van der Waals surface area contributed by atoms with Crippen LogP contribution in [0.3, 0.4) is 0 Å². The second kappa shape index (κ2) is 14.8. The largest absolute Gasteiger partial charge is 0.454 e. The highest BCUT2D eigenvalue weighted by Gasteiger charge is 2.22. The molecule has 2 aliphatic carbocycles. The lowest BCUT2D eigenvalue weighted by molar-refractivity contribution is 0.669. The monoisotopic (exact) mass is 758 g/mol. The average molecular weight is 759 g/mol. The maximum atomic E-state index is 6.67. The zero-order valence-electron chi connectivity index (χ0n) is 32.3. The lowest BCUT2D eigenvalue weighted by Gasteiger charge is -2.18. The Balaban J connectivity index is 1.02. The highest BCUT2D eigenvalue weighted by Crippen LogP contribution is 2.43. The fraction of sp³-hybridized carbons (Fsp3) is 0.0741. The normalized spacial score (nSPS) is 14.1. The summed E-state index contributed by atoms with van der Waals surface area (Å²) in [6.07, 6.45) is 15.1. The van der Waals surface area contributed by atoms with Crippen molar-refractivity contribution in [1.29, 1.82) is 0 Å². The number of hydrogen-bond acceptors (Lipinski definition) is 5. The second-order valence-corrected chi connectivity index (χ2v) is 15.2. The Kier molecular flexibility index (Phi) is 8.70. The molecule has 9 aromatic rings. The zero-order chi connectivity index (χ0) is 39.1. The first-order valence-corrected chi connectivity index (χ1v) is 20.3. The predicted molar refractivity (Wildman–Crippen MR) is 241 cm³/mol. The molecule has 0 aliphatic heterocycles. The average Bonchev–Trinajstić information content (AvgIpc) is 3.72. The first-order chi connectivity index (χ1) is 29.2. The molecule has 280 valence electrons. The lowest BCUT2D eigenvalue weighted by atomic mass is 9.89. The molecule has 59 heavy (non-hydrogen) atoms. The quantitative estimate of drug-likeness (QED) is 0.162. The Labute approximate surface area is 342 Å². The summed E-state index contributed by atoms with van der Waals surface area (Å²) in [5, 5.41) is 3.24. The van der Waals surface area contributed by atoms with Crippen molar-refractivity contribution in [2.75, 3.05) is 0 Å². The number of hydrogen-bond donors (Lipinski definition) is 0. The van der Waals surface area contributed by atoms with Crippen LogP contribution >= 0.6 is 0 Å². The van der Waals surface area contributed by atoms with E-state index in [1.54, 1.807) is 0 Å². The summed E-state index contributed by atoms with van der Waals surface area (Å²) in [6.45, 7) is 0. The fourth-order valence-corrected chi connectivity index (χ4v) is 8.54. The van der Waals surface area contributed by atoms with Crippen molar-refractivity contribution in [2.45, 2.75) is 25.7 Å². The van der Waals surface area contributed by atoms with Crippen molar-refractivity contribution in [1.82, 2.24) is 19.9 Å². The molecule has 0 saturated carbocycles. The molecule has 0 fully saturated rings. The van der Waals surface area contributed by atoms with E-state index in [0.717, 1.165) is 103 Å². The lowest BCUT2D eigenvalue weighted by Crippen LogP contribution is -2.05. The number of benzene rings is 6. The topological polar surface area (TPSA) is 64.7 Å². The van der Waals surface area contributed by atoms with Crippen LogP contribution in [0.2, 0.25) is 0 Å². The molecule has 0 bridgehead atoms. The van der Waals surface area contributed by atoms with E-state index < -0.39 is 0 Å². The Hall–Kier alpha value is -7.50. The van der Waals surface area contributed by atoms with Gasteiger partial charge in [-0.2, -0.15) is 0 Å². The molecular weight excluding hydrogens is 721 g/mol. The number of furan rings is 1. The van der Waals surface area contributed by atoms with Gasteiger partial charge in [-0.3, -0.25) is 0 Å². The van der Waals surface area contributed by atoms with E-state index in [4.69, 9.17) is 24.4 Å². The fourth-order valence-electron chi connectivity index (χ4n) is 8.54. The number of rotatable bonds is 7. The standard InChI is InChI=1S/C54H38N4O/c1-4-13-35(14-5-1)37-23-29-41(30-24-37)52-56-53(42-31-25-38(26-32-42)36-15-6-2-7-16-36)58-54(57-52)43-33-27-40(28-34-43)50-51-49(45-19-10-11-22-47(45)59-51)48-44(20-12-21-46(48)55-50)39-17-8-3-9-18-39/h1-6,8-15,17-25,27-31,33-34H,7,16,26,32H2. The summed E-state index contributed by atoms with van der Waals surface area (Å²) < 4.78 is 6.67. The Morgan fingerprint density at radius 3 is 1.69 bits per heavy atom. The molecular formula is C54H38N4O. The van der Waals surface area contributed by atoms with Crippen LogP contribution < -0.4 is 0 Å². The third kappa shape index (κ3) is 6.47. The summed E-state index contributed by atoms with van der Waals surface area (Å²) in [4.78, 5) is 20.6. The summed E-state index contributed by atoms with van der Waals surface area (Å²) in [5.41, 5.74) is 14.7. The van der Waals surface area contributed by atoms with E-state index in [-0.39, 0.29) is 0 Å². The molecule has 2 aliphatic rings. The Morgan fingerprint density at radius 1 is 0.407 bits per heavy atom. The third-order valence-corrected chi connectivity index (χ3v) is 11.6. The Bertz CT molecular complexity index is 3170. The molecule has 11 rings (SSSR count). The van der Waals surface area contributed by atoms with Crippen LogP contribution in [-0.2, 0) is 0 Å². The van der Waals surface area contributed by atoms with Crippen LogP contribution in [0.15, 0.2) is 198 Å². The SMILES string of the molecule is C1=CCCC(C2=CC=C(c3nc(-c4ccc(-c5ccccc5)cc4)nc(-c4ccc(-c5nc6cccc(-c7ccccc7)c6c6c5oc5ccccc56)cc4)n3)CC2)=C1. The minimum atomic E-state index is 0.632. The molecule has 5 heteroatoms. The van der Waals surface area contributed by atoms with Crippen molar-refractivity contribution < 1.29 is 4.42 Å². The van der Waals surface area contributed by atoms with E-state index in [9.17, 15) is 0 Å². The van der Waals surface area contributed by atoms with Crippen LogP contribution in [-0.4, -0.2) is 19.9 Å². The van der Waals surface area contributed by atoms with Crippen LogP contribution in [0.25, 0.3) is 94.7 Å². The summed E-state index contributed by atoms with van der Waals surface area (Å²) >= 11 is 0. The summed E-state index contributed by atoms with van der Waals surface area (Å²) in [7, 11) is 0. The smallest absolute Gasteiger partial charge is 0.164 e. The summed E-state index contributed by atoms with van der Waals surface area (Å²) in [6, 6.07) is 52.5. The van der Waals surface area contributed by atoms with E-state index >= 15 is 0 Å². The van der Waals surface area contributed by atoms with Gasteiger partial charge in [0.15, 0.2) is 23.1 Å². The van der Waals surface area contributed by atoms with Crippen molar-refractivity contribution >= 4 is 38.4 Å². The minimum Gasteiger partial charge on any atom is -0.454 e. The van der Waals surface area contributed by atoms with E-state index in [2.05, 4.69) is 158 Å². The van der Waals surface area contributed by atoms with Gasteiger partial charge in [0.05, 0.1) is 5.52 Å². The van der Waals surface area contributed by atoms with Crippen molar-refractivity contribution in [3.05, 3.63) is 199 Å². The van der Waals surface area contributed by atoms with E-state index in [1.807, 2.05) is 24.3 Å². The van der Waals surface area contributed by atoms with Gasteiger partial charge in [-0.15, -0.1) is 0 Å². The maximum Gasteiger partial charge on any atom is 0.164 e. The Morgan fingerprint density at radius 2 is 1.00 bits per heavy atom. The van der Waals surface area contributed by atoms with Gasteiger partial charge >= 0.3 is 0 Å². The van der Waals surface area contributed by atoms with Crippen molar-refractivity contribution in [3.63, 3.8) is 0 Å². The van der Waals surface area contributed by atoms with E-state index in [1.165, 1.54) is 16.7 Å². The van der Waals surface area contributed by atoms with Gasteiger partial charge in [0.1, 0.15) is 11.3 Å². The van der Waals surface area contributed by atoms with Gasteiger partial charge in [-0.25, -0.2) is 19.9 Å². The number of pyridine rings is 1. The number of nitrogens with zero attached hydrogens (tertiary/aromatic N) is 4. The molecule has 0 unspecified atom stereocenters. The first-order valence-electron chi connectivity index (χ1n) is 20.3. The zero-order valence-corrected chi connectivity index (χ0v) is 32.3. The third-order valence-electron chi connectivity index (χ3n) is 11.6. The molecule has 6 aromatic carbocycles. The van der Waals surface area contributed by atoms with E-state index in [0.29, 0.717) is 17.5 Å². The van der Waals surface area contributed by atoms with Gasteiger partial charge in [0.2, 0.25) is 0 Å². The minimum absolute atomic E-state index is 0.632. The number of para-hydroxylation sites is 1. The molecule has 3 heterocycles. The van der Waals surface area contributed by atoms with Crippen LogP contribution in [0.4, 0.5) is 0 Å². The first kappa shape index (κ1) is 34.7. The number of fused-ring (bicyclic) bond motifs is 5. The number of allylic oxidation sites excluding steroid dienone is 8. The van der Waals surface area contributed by atoms with Gasteiger partial charge in [0.25, 0.3) is 0 Å². The molecule has 0 spiro atoms. The molecule has 0 N–H and O–H groups in total. The highest BCUT2D eigenvalue weighted by atomic mass is 16.3. The molecule has 5 nitrogen and oxygen atoms in total. The summed E-state index contributed by atoms with van der Waals surface area (Å²) in [5.74, 6) is 2.00. The van der Waals surface area contributed by atoms with Crippen molar-refractivity contribution in [3.8, 4) is 56.3 Å². The highest BCUT2D eigenvalue weighted by molar-refractivity contribution is 6.24. The van der Waals surface area contributed by atoms with Crippen LogP contribution in [0, 0.1) is 0 Å². The second-order valence-electron chi connectivity index (χ2n) is 15.2. The molecule has 0 saturated heterocycles. The molecule has 3 aromatic heterocycles. The van der Waals surface area contributed by atoms with Gasteiger partial charge < -0.3 is 4.42 Å². The molecule has 0 radical (unpaired) electrons. The molecule has 0 atom stereocenters. The van der Waals surface area contributed by atoms with Gasteiger partial charge in [0, 0.05) is 32.8 Å². The number of aromatic nitrogens is 4. The van der Waals surface area contributed by atoms with Gasteiger partial charge in [-0.05, 0) is 76.8 Å². The predicted octanol–water partition coefficient (Wildman–Crippen LogP) is 14.0. The van der Waals surface area contributed by atoms with Crippen LogP contribution in [0.1, 0.15) is 31.5 Å². The van der Waals surface area contributed by atoms with Gasteiger partial charge in [-0.1, -0.05) is 170 Å². The van der Waals surface area contributed by atoms with Crippen LogP contribution in [0.5, 0.6) is 0 Å².